The summed E-state index contributed by atoms with van der Waals surface area (Å²) in [7, 11) is -3.66. The predicted molar refractivity (Wildman–Crippen MR) is 92.6 cm³/mol. The average molecular weight is 363 g/mol. The van der Waals surface area contributed by atoms with Gasteiger partial charge in [-0.25, -0.2) is 13.1 Å². The van der Waals surface area contributed by atoms with Gasteiger partial charge in [0.2, 0.25) is 15.9 Å². The van der Waals surface area contributed by atoms with E-state index < -0.39 is 10.0 Å². The Balaban J connectivity index is 1.68. The first-order valence-electron chi connectivity index (χ1n) is 8.22. The van der Waals surface area contributed by atoms with Crippen molar-refractivity contribution in [1.82, 2.24) is 9.88 Å². The minimum Gasteiger partial charge on any atom is -0.360 e. The van der Waals surface area contributed by atoms with Crippen LogP contribution in [0.5, 0.6) is 0 Å². The highest BCUT2D eigenvalue weighted by Gasteiger charge is 2.22. The molecule has 0 saturated carbocycles. The molecule has 1 aromatic carbocycles. The van der Waals surface area contributed by atoms with E-state index in [1.807, 2.05) is 13.8 Å². The fraction of sp³-hybridized carbons (Fsp3) is 0.412. The summed E-state index contributed by atoms with van der Waals surface area (Å²) in [5, 5.41) is 3.90. The van der Waals surface area contributed by atoms with Crippen molar-refractivity contribution in [3.05, 3.63) is 41.8 Å². The van der Waals surface area contributed by atoms with Crippen LogP contribution in [0.1, 0.15) is 44.1 Å². The number of aromatic nitrogens is 1. The average Bonchev–Trinajstić information content (AvgIpc) is 3.22. The van der Waals surface area contributed by atoms with Crippen LogP contribution in [-0.2, 0) is 21.4 Å². The quantitative estimate of drug-likeness (QED) is 0.851. The normalized spacial score (nSPS) is 15.3. The molecule has 7 nitrogen and oxygen atoms in total. The van der Waals surface area contributed by atoms with Crippen LogP contribution >= 0.6 is 0 Å². The summed E-state index contributed by atoms with van der Waals surface area (Å²) in [6, 6.07) is 8.06. The standard InChI is InChI=1S/C17H21N3O4S/c1-12(2)16-10-14(24-19-16)11-18-25(22,23)15-7-5-13(6-8-15)20-9-3-4-17(20)21/h5-8,10,12,18H,3-4,9,11H2,1-2H3. The second-order valence-corrected chi connectivity index (χ2v) is 8.11. The molecule has 0 unspecified atom stereocenters. The molecule has 1 aliphatic heterocycles. The molecule has 2 aromatic rings. The molecule has 0 radical (unpaired) electrons. The van der Waals surface area contributed by atoms with Crippen molar-refractivity contribution >= 4 is 21.6 Å². The van der Waals surface area contributed by atoms with E-state index in [2.05, 4.69) is 9.88 Å². The fourth-order valence-corrected chi connectivity index (χ4v) is 3.65. The molecule has 1 aromatic heterocycles. The van der Waals surface area contributed by atoms with Crippen LogP contribution in [0.3, 0.4) is 0 Å². The maximum atomic E-state index is 12.4. The Labute approximate surface area is 147 Å². The van der Waals surface area contributed by atoms with Crippen molar-refractivity contribution in [2.24, 2.45) is 0 Å². The summed E-state index contributed by atoms with van der Waals surface area (Å²) in [4.78, 5) is 13.6. The largest absolute Gasteiger partial charge is 0.360 e. The highest BCUT2D eigenvalue weighted by molar-refractivity contribution is 7.89. The number of rotatable bonds is 6. The van der Waals surface area contributed by atoms with Gasteiger partial charge in [0.05, 0.1) is 17.1 Å². The molecule has 1 fully saturated rings. The first-order valence-corrected chi connectivity index (χ1v) is 9.71. The van der Waals surface area contributed by atoms with Crippen LogP contribution in [0, 0.1) is 0 Å². The molecule has 0 aliphatic carbocycles. The summed E-state index contributed by atoms with van der Waals surface area (Å²) in [5.74, 6) is 0.751. The Hall–Kier alpha value is -2.19. The lowest BCUT2D eigenvalue weighted by Gasteiger charge is -2.16. The maximum absolute atomic E-state index is 12.4. The van der Waals surface area contributed by atoms with Crippen LogP contribution in [0.15, 0.2) is 39.8 Å². The fourth-order valence-electron chi connectivity index (χ4n) is 2.66. The van der Waals surface area contributed by atoms with Gasteiger partial charge in [-0.15, -0.1) is 0 Å². The van der Waals surface area contributed by atoms with E-state index in [0.717, 1.165) is 17.8 Å². The zero-order chi connectivity index (χ0) is 18.0. The first-order chi connectivity index (χ1) is 11.9. The van der Waals surface area contributed by atoms with Gasteiger partial charge < -0.3 is 9.42 Å². The lowest BCUT2D eigenvalue weighted by molar-refractivity contribution is -0.117. The highest BCUT2D eigenvalue weighted by Crippen LogP contribution is 2.23. The second-order valence-electron chi connectivity index (χ2n) is 6.34. The van der Waals surface area contributed by atoms with Gasteiger partial charge in [0, 0.05) is 24.7 Å². The third-order valence-electron chi connectivity index (χ3n) is 4.14. The van der Waals surface area contributed by atoms with E-state index in [-0.39, 0.29) is 23.3 Å². The minimum atomic E-state index is -3.66. The van der Waals surface area contributed by atoms with Gasteiger partial charge in [-0.2, -0.15) is 0 Å². The lowest BCUT2D eigenvalue weighted by Crippen LogP contribution is -2.25. The molecular formula is C17H21N3O4S. The van der Waals surface area contributed by atoms with Crippen LogP contribution < -0.4 is 9.62 Å². The summed E-state index contributed by atoms with van der Waals surface area (Å²) in [6.45, 7) is 4.68. The Morgan fingerprint density at radius 1 is 1.28 bits per heavy atom. The number of amides is 1. The summed E-state index contributed by atoms with van der Waals surface area (Å²) in [6.07, 6.45) is 1.37. The van der Waals surface area contributed by atoms with Crippen molar-refractivity contribution < 1.29 is 17.7 Å². The van der Waals surface area contributed by atoms with E-state index >= 15 is 0 Å². The summed E-state index contributed by atoms with van der Waals surface area (Å²) < 4.78 is 32.4. The van der Waals surface area contributed by atoms with Gasteiger partial charge in [-0.3, -0.25) is 4.79 Å². The Morgan fingerprint density at radius 2 is 2.00 bits per heavy atom. The van der Waals surface area contributed by atoms with E-state index in [1.54, 1.807) is 23.1 Å². The second kappa shape index (κ2) is 6.97. The molecule has 1 aliphatic rings. The smallest absolute Gasteiger partial charge is 0.240 e. The highest BCUT2D eigenvalue weighted by atomic mass is 32.2. The number of anilines is 1. The number of nitrogens with zero attached hydrogens (tertiary/aromatic N) is 2. The van der Waals surface area contributed by atoms with Crippen LogP contribution in [0.25, 0.3) is 0 Å². The summed E-state index contributed by atoms with van der Waals surface area (Å²) >= 11 is 0. The van der Waals surface area contributed by atoms with Crippen LogP contribution in [0.2, 0.25) is 0 Å². The molecule has 1 saturated heterocycles. The lowest BCUT2D eigenvalue weighted by atomic mass is 10.1. The zero-order valence-corrected chi connectivity index (χ0v) is 15.0. The van der Waals surface area contributed by atoms with E-state index in [9.17, 15) is 13.2 Å². The SMILES string of the molecule is CC(C)c1cc(CNS(=O)(=O)c2ccc(N3CCCC3=O)cc2)on1. The maximum Gasteiger partial charge on any atom is 0.240 e. The number of hydrogen-bond acceptors (Lipinski definition) is 5. The molecule has 0 atom stereocenters. The molecule has 2 heterocycles. The Morgan fingerprint density at radius 3 is 2.56 bits per heavy atom. The molecule has 134 valence electrons. The molecule has 0 spiro atoms. The number of carbonyl (C=O) groups is 1. The monoisotopic (exact) mass is 363 g/mol. The number of hydrogen-bond donors (Lipinski definition) is 1. The van der Waals surface area contributed by atoms with Gasteiger partial charge in [0.25, 0.3) is 0 Å². The van der Waals surface area contributed by atoms with Crippen LogP contribution in [-0.4, -0.2) is 26.0 Å². The van der Waals surface area contributed by atoms with E-state index in [4.69, 9.17) is 4.52 Å². The Kier molecular flexibility index (Phi) is 4.91. The van der Waals surface area contributed by atoms with E-state index in [1.165, 1.54) is 12.1 Å². The molecule has 3 rings (SSSR count). The van der Waals surface area contributed by atoms with Gasteiger partial charge in [-0.05, 0) is 36.6 Å². The molecule has 0 bridgehead atoms. The van der Waals surface area contributed by atoms with Gasteiger partial charge >= 0.3 is 0 Å². The number of carbonyl (C=O) groups excluding carboxylic acids is 1. The van der Waals surface area contributed by atoms with Crippen molar-refractivity contribution in [3.63, 3.8) is 0 Å². The molecule has 1 N–H and O–H groups in total. The topological polar surface area (TPSA) is 92.5 Å². The van der Waals surface area contributed by atoms with Crippen molar-refractivity contribution in [2.45, 2.75) is 44.0 Å². The van der Waals surface area contributed by atoms with E-state index in [0.29, 0.717) is 18.7 Å². The minimum absolute atomic E-state index is 0.0361. The molecule has 1 amide bonds. The third kappa shape index (κ3) is 3.91. The number of benzene rings is 1. The molecule has 8 heteroatoms. The summed E-state index contributed by atoms with van der Waals surface area (Å²) in [5.41, 5.74) is 1.51. The predicted octanol–water partition coefficient (Wildman–Crippen LogP) is 2.40. The molecular weight excluding hydrogens is 342 g/mol. The number of nitrogens with one attached hydrogen (secondary N) is 1. The van der Waals surface area contributed by atoms with Crippen LogP contribution in [0.4, 0.5) is 5.69 Å². The third-order valence-corrected chi connectivity index (χ3v) is 5.55. The van der Waals surface area contributed by atoms with Crippen molar-refractivity contribution in [1.29, 1.82) is 0 Å². The molecule has 25 heavy (non-hydrogen) atoms. The van der Waals surface area contributed by atoms with Crippen molar-refractivity contribution in [2.75, 3.05) is 11.4 Å². The van der Waals surface area contributed by atoms with Gasteiger partial charge in [0.1, 0.15) is 0 Å². The zero-order valence-electron chi connectivity index (χ0n) is 14.2. The van der Waals surface area contributed by atoms with Gasteiger partial charge in [0.15, 0.2) is 5.76 Å². The van der Waals surface area contributed by atoms with Crippen molar-refractivity contribution in [3.8, 4) is 0 Å². The Bertz CT molecular complexity index is 856. The first kappa shape index (κ1) is 17.6. The van der Waals surface area contributed by atoms with Gasteiger partial charge in [-0.1, -0.05) is 19.0 Å². The number of sulfonamides is 1.